The van der Waals surface area contributed by atoms with E-state index in [0.717, 1.165) is 24.3 Å². The summed E-state index contributed by atoms with van der Waals surface area (Å²) in [6.45, 7) is 4.62. The molecular weight excluding hydrogens is 229 g/mol. The lowest BCUT2D eigenvalue weighted by Crippen LogP contribution is -2.21. The highest BCUT2D eigenvalue weighted by Gasteiger charge is 2.07. The molecule has 0 amide bonds. The normalized spacial score (nSPS) is 12.6. The Labute approximate surface area is 107 Å². The second kappa shape index (κ2) is 5.83. The maximum Gasteiger partial charge on any atom is 0.126 e. The van der Waals surface area contributed by atoms with E-state index >= 15 is 0 Å². The monoisotopic (exact) mass is 247 g/mol. The summed E-state index contributed by atoms with van der Waals surface area (Å²) >= 11 is 0. The molecule has 1 N–H and O–H groups in total. The molecule has 18 heavy (non-hydrogen) atoms. The molecule has 0 aliphatic heterocycles. The van der Waals surface area contributed by atoms with Gasteiger partial charge in [0.2, 0.25) is 0 Å². The van der Waals surface area contributed by atoms with E-state index in [4.69, 9.17) is 4.42 Å². The molecule has 2 nitrogen and oxygen atoms in total. The standard InChI is InChI=1S/C15H18FNO/c1-11-5-6-13(10-15(11)16)12(2)17-8-7-14-4-3-9-18-14/h3-6,9-10,12,17H,7-8H2,1-2H3. The van der Waals surface area contributed by atoms with Crippen molar-refractivity contribution in [2.24, 2.45) is 0 Å². The van der Waals surface area contributed by atoms with E-state index in [1.54, 1.807) is 19.3 Å². The molecule has 1 aromatic carbocycles. The predicted octanol–water partition coefficient (Wildman–Crippen LogP) is 3.62. The highest BCUT2D eigenvalue weighted by molar-refractivity contribution is 5.25. The van der Waals surface area contributed by atoms with E-state index in [9.17, 15) is 4.39 Å². The molecule has 2 rings (SSSR count). The van der Waals surface area contributed by atoms with Crippen LogP contribution in [0, 0.1) is 12.7 Å². The van der Waals surface area contributed by atoms with Gasteiger partial charge in [0.05, 0.1) is 6.26 Å². The Morgan fingerprint density at radius 1 is 1.33 bits per heavy atom. The van der Waals surface area contributed by atoms with E-state index in [1.807, 2.05) is 31.2 Å². The molecule has 0 bridgehead atoms. The minimum Gasteiger partial charge on any atom is -0.469 e. The molecule has 1 unspecified atom stereocenters. The summed E-state index contributed by atoms with van der Waals surface area (Å²) in [5.41, 5.74) is 1.65. The summed E-state index contributed by atoms with van der Waals surface area (Å²) in [7, 11) is 0. The van der Waals surface area contributed by atoms with Crippen LogP contribution in [-0.4, -0.2) is 6.54 Å². The van der Waals surface area contributed by atoms with Crippen molar-refractivity contribution in [1.82, 2.24) is 5.32 Å². The molecule has 0 saturated carbocycles. The average molecular weight is 247 g/mol. The van der Waals surface area contributed by atoms with E-state index < -0.39 is 0 Å². The van der Waals surface area contributed by atoms with Crippen molar-refractivity contribution in [2.75, 3.05) is 6.54 Å². The van der Waals surface area contributed by atoms with Crippen molar-refractivity contribution < 1.29 is 8.81 Å². The molecule has 1 atom stereocenters. The Morgan fingerprint density at radius 2 is 2.17 bits per heavy atom. The zero-order valence-corrected chi connectivity index (χ0v) is 10.7. The van der Waals surface area contributed by atoms with Gasteiger partial charge >= 0.3 is 0 Å². The lowest BCUT2D eigenvalue weighted by molar-refractivity contribution is 0.485. The van der Waals surface area contributed by atoms with Gasteiger partial charge in [-0.15, -0.1) is 0 Å². The largest absolute Gasteiger partial charge is 0.469 e. The molecule has 2 aromatic rings. The molecule has 0 aliphatic rings. The first-order valence-electron chi connectivity index (χ1n) is 6.18. The van der Waals surface area contributed by atoms with Gasteiger partial charge in [0.25, 0.3) is 0 Å². The maximum absolute atomic E-state index is 13.4. The zero-order chi connectivity index (χ0) is 13.0. The minimum absolute atomic E-state index is 0.134. The van der Waals surface area contributed by atoms with Crippen molar-refractivity contribution in [2.45, 2.75) is 26.3 Å². The first-order chi connectivity index (χ1) is 8.66. The number of furan rings is 1. The van der Waals surface area contributed by atoms with Gasteiger partial charge in [-0.3, -0.25) is 0 Å². The van der Waals surface area contributed by atoms with Gasteiger partial charge in [-0.05, 0) is 43.2 Å². The summed E-state index contributed by atoms with van der Waals surface area (Å²) in [6, 6.07) is 9.35. The summed E-state index contributed by atoms with van der Waals surface area (Å²) in [5.74, 6) is 0.817. The number of nitrogens with one attached hydrogen (secondary N) is 1. The molecule has 0 aliphatic carbocycles. The zero-order valence-electron chi connectivity index (χ0n) is 10.7. The molecule has 1 aromatic heterocycles. The molecule has 0 fully saturated rings. The van der Waals surface area contributed by atoms with Gasteiger partial charge in [-0.1, -0.05) is 12.1 Å². The Hall–Kier alpha value is -1.61. The summed E-state index contributed by atoms with van der Waals surface area (Å²) in [4.78, 5) is 0. The van der Waals surface area contributed by atoms with Gasteiger partial charge in [0, 0.05) is 19.0 Å². The molecule has 96 valence electrons. The van der Waals surface area contributed by atoms with Crippen molar-refractivity contribution in [3.05, 3.63) is 59.3 Å². The summed E-state index contributed by atoms with van der Waals surface area (Å²) in [5, 5.41) is 3.36. The van der Waals surface area contributed by atoms with Crippen molar-refractivity contribution in [3.63, 3.8) is 0 Å². The smallest absolute Gasteiger partial charge is 0.126 e. The van der Waals surface area contributed by atoms with Gasteiger partial charge in [0.15, 0.2) is 0 Å². The van der Waals surface area contributed by atoms with E-state index in [0.29, 0.717) is 5.56 Å². The van der Waals surface area contributed by atoms with Crippen LogP contribution in [0.25, 0.3) is 0 Å². The highest BCUT2D eigenvalue weighted by atomic mass is 19.1. The number of hydrogen-bond acceptors (Lipinski definition) is 2. The summed E-state index contributed by atoms with van der Waals surface area (Å²) in [6.07, 6.45) is 2.51. The fourth-order valence-electron chi connectivity index (χ4n) is 1.86. The number of hydrogen-bond donors (Lipinski definition) is 1. The summed E-state index contributed by atoms with van der Waals surface area (Å²) < 4.78 is 18.7. The first kappa shape index (κ1) is 12.8. The number of benzene rings is 1. The maximum atomic E-state index is 13.4. The van der Waals surface area contributed by atoms with Crippen molar-refractivity contribution >= 4 is 0 Å². The molecule has 1 heterocycles. The lowest BCUT2D eigenvalue weighted by Gasteiger charge is -2.14. The second-order valence-corrected chi connectivity index (χ2v) is 4.51. The van der Waals surface area contributed by atoms with Crippen LogP contribution in [0.1, 0.15) is 29.9 Å². The molecule has 0 radical (unpaired) electrons. The van der Waals surface area contributed by atoms with Crippen LogP contribution in [0.15, 0.2) is 41.0 Å². The Bertz CT molecular complexity index is 493. The lowest BCUT2D eigenvalue weighted by atomic mass is 10.1. The second-order valence-electron chi connectivity index (χ2n) is 4.51. The Kier molecular flexibility index (Phi) is 4.15. The van der Waals surface area contributed by atoms with Crippen LogP contribution in [0.4, 0.5) is 4.39 Å². The van der Waals surface area contributed by atoms with Crippen molar-refractivity contribution in [3.8, 4) is 0 Å². The minimum atomic E-state index is -0.146. The average Bonchev–Trinajstić information content (AvgIpc) is 2.85. The van der Waals surface area contributed by atoms with Crippen LogP contribution in [-0.2, 0) is 6.42 Å². The fraction of sp³-hybridized carbons (Fsp3) is 0.333. The van der Waals surface area contributed by atoms with E-state index in [1.165, 1.54) is 0 Å². The van der Waals surface area contributed by atoms with E-state index in [2.05, 4.69) is 5.32 Å². The van der Waals surface area contributed by atoms with Gasteiger partial charge < -0.3 is 9.73 Å². The number of halogens is 1. The highest BCUT2D eigenvalue weighted by Crippen LogP contribution is 2.16. The quantitative estimate of drug-likeness (QED) is 0.873. The van der Waals surface area contributed by atoms with Crippen LogP contribution in [0.5, 0.6) is 0 Å². The fourth-order valence-corrected chi connectivity index (χ4v) is 1.86. The van der Waals surface area contributed by atoms with Gasteiger partial charge in [-0.25, -0.2) is 4.39 Å². The molecule has 0 spiro atoms. The number of rotatable bonds is 5. The predicted molar refractivity (Wildman–Crippen MR) is 70.0 cm³/mol. The Morgan fingerprint density at radius 3 is 2.83 bits per heavy atom. The van der Waals surface area contributed by atoms with Crippen LogP contribution < -0.4 is 5.32 Å². The molecule has 3 heteroatoms. The van der Waals surface area contributed by atoms with Gasteiger partial charge in [0.1, 0.15) is 11.6 Å². The Balaban J connectivity index is 1.87. The third kappa shape index (κ3) is 3.20. The van der Waals surface area contributed by atoms with Crippen molar-refractivity contribution in [1.29, 1.82) is 0 Å². The third-order valence-corrected chi connectivity index (χ3v) is 3.10. The topological polar surface area (TPSA) is 25.2 Å². The molecular formula is C15H18FNO. The van der Waals surface area contributed by atoms with Crippen LogP contribution in [0.2, 0.25) is 0 Å². The third-order valence-electron chi connectivity index (χ3n) is 3.10. The van der Waals surface area contributed by atoms with Crippen LogP contribution in [0.3, 0.4) is 0 Å². The molecule has 0 saturated heterocycles. The first-order valence-corrected chi connectivity index (χ1v) is 6.18. The van der Waals surface area contributed by atoms with Crippen LogP contribution >= 0.6 is 0 Å². The van der Waals surface area contributed by atoms with E-state index in [-0.39, 0.29) is 11.9 Å². The van der Waals surface area contributed by atoms with Gasteiger partial charge in [-0.2, -0.15) is 0 Å². The number of aryl methyl sites for hydroxylation is 1. The SMILES string of the molecule is Cc1ccc(C(C)NCCc2ccco2)cc1F.